The molecule has 1 aliphatic carbocycles. The molecule has 0 radical (unpaired) electrons. The summed E-state index contributed by atoms with van der Waals surface area (Å²) in [6, 6.07) is 6.93. The highest BCUT2D eigenvalue weighted by molar-refractivity contribution is 5.94. The summed E-state index contributed by atoms with van der Waals surface area (Å²) in [7, 11) is 0. The zero-order valence-corrected chi connectivity index (χ0v) is 15.9. The van der Waals surface area contributed by atoms with Gasteiger partial charge in [0.2, 0.25) is 11.8 Å². The van der Waals surface area contributed by atoms with Gasteiger partial charge < -0.3 is 16.0 Å². The van der Waals surface area contributed by atoms with Crippen molar-refractivity contribution in [2.75, 3.05) is 6.54 Å². The number of rotatable bonds is 7. The van der Waals surface area contributed by atoms with E-state index in [1.807, 2.05) is 12.1 Å². The largest absolute Gasteiger partial charge is 0.384 e. The molecule has 1 saturated heterocycles. The smallest absolute Gasteiger partial charge is 0.243 e. The number of nitrogen functional groups attached to an aromatic ring is 1. The third kappa shape index (κ3) is 5.08. The highest BCUT2D eigenvalue weighted by Crippen LogP contribution is 2.29. The van der Waals surface area contributed by atoms with E-state index in [0.717, 1.165) is 24.8 Å². The maximum Gasteiger partial charge on any atom is 0.243 e. The first kappa shape index (κ1) is 19.4. The Kier molecular flexibility index (Phi) is 6.48. The molecule has 27 heavy (non-hydrogen) atoms. The minimum absolute atomic E-state index is 0.0308. The summed E-state index contributed by atoms with van der Waals surface area (Å²) in [4.78, 5) is 27.0. The first-order valence-corrected chi connectivity index (χ1v) is 10.0. The van der Waals surface area contributed by atoms with Gasteiger partial charge in [-0.1, -0.05) is 49.9 Å². The van der Waals surface area contributed by atoms with Crippen LogP contribution in [0.25, 0.3) is 0 Å². The fourth-order valence-electron chi connectivity index (χ4n) is 4.22. The summed E-state index contributed by atoms with van der Waals surface area (Å²) in [6.45, 7) is 1.10. The fourth-order valence-corrected chi connectivity index (χ4v) is 4.22. The van der Waals surface area contributed by atoms with Crippen molar-refractivity contribution >= 4 is 17.6 Å². The number of amidine groups is 1. The molecule has 1 heterocycles. The summed E-state index contributed by atoms with van der Waals surface area (Å²) in [5.41, 5.74) is 7.07. The molecule has 146 valence electrons. The Labute approximate surface area is 161 Å². The number of hydrogen-bond acceptors (Lipinski definition) is 3. The summed E-state index contributed by atoms with van der Waals surface area (Å²) < 4.78 is 0. The van der Waals surface area contributed by atoms with Crippen LogP contribution < -0.4 is 11.1 Å². The lowest BCUT2D eigenvalue weighted by Gasteiger charge is -2.24. The van der Waals surface area contributed by atoms with Crippen LogP contribution in [0.2, 0.25) is 0 Å². The van der Waals surface area contributed by atoms with E-state index in [0.29, 0.717) is 31.0 Å². The predicted octanol–water partition coefficient (Wildman–Crippen LogP) is 2.55. The van der Waals surface area contributed by atoms with Gasteiger partial charge in [0.25, 0.3) is 0 Å². The van der Waals surface area contributed by atoms with Crippen molar-refractivity contribution in [2.45, 2.75) is 64.0 Å². The van der Waals surface area contributed by atoms with Crippen LogP contribution in [0.5, 0.6) is 0 Å². The highest BCUT2D eigenvalue weighted by Gasteiger charge is 2.33. The van der Waals surface area contributed by atoms with Crippen LogP contribution in [0.15, 0.2) is 24.3 Å². The minimum atomic E-state index is -0.336. The van der Waals surface area contributed by atoms with Crippen LogP contribution in [0.4, 0.5) is 0 Å². The van der Waals surface area contributed by atoms with Crippen molar-refractivity contribution in [2.24, 2.45) is 11.7 Å². The zero-order chi connectivity index (χ0) is 19.2. The quantitative estimate of drug-likeness (QED) is 0.508. The number of nitrogens with zero attached hydrogens (tertiary/aromatic N) is 1. The lowest BCUT2D eigenvalue weighted by Crippen LogP contribution is -2.45. The van der Waals surface area contributed by atoms with E-state index < -0.39 is 0 Å². The van der Waals surface area contributed by atoms with Gasteiger partial charge in [-0.05, 0) is 30.7 Å². The van der Waals surface area contributed by atoms with E-state index in [9.17, 15) is 9.59 Å². The summed E-state index contributed by atoms with van der Waals surface area (Å²) in [5, 5.41) is 10.4. The lowest BCUT2D eigenvalue weighted by atomic mass is 10.0. The number of amides is 2. The molecule has 0 aromatic heterocycles. The number of nitrogens with one attached hydrogen (secondary N) is 2. The maximum atomic E-state index is 12.6. The van der Waals surface area contributed by atoms with Crippen LogP contribution >= 0.6 is 0 Å². The van der Waals surface area contributed by atoms with Gasteiger partial charge in [-0.2, -0.15) is 0 Å². The van der Waals surface area contributed by atoms with Crippen molar-refractivity contribution in [1.29, 1.82) is 5.41 Å². The Bertz CT molecular complexity index is 680. The van der Waals surface area contributed by atoms with Crippen molar-refractivity contribution in [3.8, 4) is 0 Å². The molecule has 1 aromatic rings. The first-order chi connectivity index (χ1) is 13.0. The molecule has 6 nitrogen and oxygen atoms in total. The van der Waals surface area contributed by atoms with Crippen LogP contribution in [0.3, 0.4) is 0 Å². The Hall–Kier alpha value is -2.37. The van der Waals surface area contributed by atoms with Gasteiger partial charge in [-0.3, -0.25) is 15.0 Å². The van der Waals surface area contributed by atoms with Gasteiger partial charge in [-0.25, -0.2) is 0 Å². The Morgan fingerprint density at radius 3 is 2.48 bits per heavy atom. The molecule has 6 heteroatoms. The number of likely N-dealkylation sites (tertiary alicyclic amines) is 1. The second-order valence-electron chi connectivity index (χ2n) is 7.76. The van der Waals surface area contributed by atoms with Gasteiger partial charge in [0, 0.05) is 25.1 Å². The highest BCUT2D eigenvalue weighted by atomic mass is 16.2. The Morgan fingerprint density at radius 2 is 1.81 bits per heavy atom. The molecular formula is C21H30N4O2. The lowest BCUT2D eigenvalue weighted by molar-refractivity contribution is -0.138. The van der Waals surface area contributed by atoms with E-state index >= 15 is 0 Å². The second kappa shape index (κ2) is 9.02. The molecular weight excluding hydrogens is 340 g/mol. The zero-order valence-electron chi connectivity index (χ0n) is 15.9. The van der Waals surface area contributed by atoms with Crippen LogP contribution in [0.1, 0.15) is 62.5 Å². The normalized spacial score (nSPS) is 20.0. The average molecular weight is 370 g/mol. The van der Waals surface area contributed by atoms with E-state index in [1.54, 1.807) is 17.0 Å². The Balaban J connectivity index is 1.48. The van der Waals surface area contributed by atoms with Crippen molar-refractivity contribution in [3.05, 3.63) is 35.4 Å². The first-order valence-electron chi connectivity index (χ1n) is 10.0. The maximum absolute atomic E-state index is 12.6. The van der Waals surface area contributed by atoms with Crippen LogP contribution in [-0.2, 0) is 16.1 Å². The number of carbonyl (C=O) groups is 2. The van der Waals surface area contributed by atoms with Crippen molar-refractivity contribution in [3.63, 3.8) is 0 Å². The number of nitrogens with two attached hydrogens (primary N) is 1. The molecule has 0 bridgehead atoms. The van der Waals surface area contributed by atoms with Gasteiger partial charge in [0.15, 0.2) is 0 Å². The van der Waals surface area contributed by atoms with Crippen molar-refractivity contribution in [1.82, 2.24) is 10.2 Å². The van der Waals surface area contributed by atoms with Crippen LogP contribution in [0, 0.1) is 11.3 Å². The molecule has 2 amide bonds. The van der Waals surface area contributed by atoms with E-state index in [1.165, 1.54) is 25.7 Å². The topological polar surface area (TPSA) is 99.3 Å². The van der Waals surface area contributed by atoms with E-state index in [2.05, 4.69) is 5.32 Å². The van der Waals surface area contributed by atoms with Gasteiger partial charge in [0.1, 0.15) is 11.9 Å². The van der Waals surface area contributed by atoms with Gasteiger partial charge in [0.05, 0.1) is 0 Å². The standard InChI is InChI=1S/C21H30N4O2/c22-20(23)17-10-7-16(8-11-17)14-24-21(27)18-6-3-13-25(18)19(26)12-9-15-4-1-2-5-15/h7-8,10-11,15,18H,1-6,9,12-14H2,(H3,22,23)(H,24,27)/t18-/m0/s1. The molecule has 0 spiro atoms. The molecule has 1 aliphatic heterocycles. The second-order valence-corrected chi connectivity index (χ2v) is 7.76. The summed E-state index contributed by atoms with van der Waals surface area (Å²) in [5.74, 6) is 0.785. The van der Waals surface area contributed by atoms with Crippen molar-refractivity contribution < 1.29 is 9.59 Å². The molecule has 1 saturated carbocycles. The number of benzene rings is 1. The molecule has 4 N–H and O–H groups in total. The SMILES string of the molecule is N=C(N)c1ccc(CNC(=O)[C@@H]2CCCN2C(=O)CCC2CCCC2)cc1. The molecule has 2 fully saturated rings. The Morgan fingerprint density at radius 1 is 1.11 bits per heavy atom. The predicted molar refractivity (Wildman–Crippen MR) is 105 cm³/mol. The molecule has 1 aromatic carbocycles. The number of carbonyl (C=O) groups excluding carboxylic acids is 2. The average Bonchev–Trinajstić information content (AvgIpc) is 3.36. The molecule has 3 rings (SSSR count). The third-order valence-corrected chi connectivity index (χ3v) is 5.85. The van der Waals surface area contributed by atoms with E-state index in [4.69, 9.17) is 11.1 Å². The third-order valence-electron chi connectivity index (χ3n) is 5.85. The summed E-state index contributed by atoms with van der Waals surface area (Å²) in [6.07, 6.45) is 8.25. The van der Waals surface area contributed by atoms with Gasteiger partial charge >= 0.3 is 0 Å². The fraction of sp³-hybridized carbons (Fsp3) is 0.571. The number of hydrogen-bond donors (Lipinski definition) is 3. The van der Waals surface area contributed by atoms with E-state index in [-0.39, 0.29) is 23.7 Å². The minimum Gasteiger partial charge on any atom is -0.384 e. The molecule has 1 atom stereocenters. The monoisotopic (exact) mass is 370 g/mol. The summed E-state index contributed by atoms with van der Waals surface area (Å²) >= 11 is 0. The van der Waals surface area contributed by atoms with Crippen LogP contribution in [-0.4, -0.2) is 35.1 Å². The molecule has 0 unspecified atom stereocenters. The molecule has 2 aliphatic rings. The van der Waals surface area contributed by atoms with Gasteiger partial charge in [-0.15, -0.1) is 0 Å².